The summed E-state index contributed by atoms with van der Waals surface area (Å²) in [5.74, 6) is -1.05. The molecule has 0 aromatic carbocycles. The van der Waals surface area contributed by atoms with Gasteiger partial charge in [0.1, 0.15) is 13.2 Å². The Hall–Kier alpha value is -5.75. The number of carbonyl (C=O) groups excluding carboxylic acids is 3. The lowest BCUT2D eigenvalue weighted by atomic mass is 10.1. The van der Waals surface area contributed by atoms with Gasteiger partial charge in [0, 0.05) is 19.3 Å². The van der Waals surface area contributed by atoms with Crippen LogP contribution >= 0.6 is 0 Å². The predicted octanol–water partition coefficient (Wildman–Crippen LogP) is 20.6. The molecule has 0 aromatic heterocycles. The third-order valence-electron chi connectivity index (χ3n) is 11.6. The summed E-state index contributed by atoms with van der Waals surface area (Å²) < 4.78 is 16.8. The lowest BCUT2D eigenvalue weighted by Gasteiger charge is -2.18. The minimum Gasteiger partial charge on any atom is -0.462 e. The van der Waals surface area contributed by atoms with Gasteiger partial charge in [0.25, 0.3) is 0 Å². The zero-order valence-electron chi connectivity index (χ0n) is 48.6. The second-order valence-electron chi connectivity index (χ2n) is 18.8. The molecule has 0 bridgehead atoms. The molecule has 1 atom stereocenters. The molecule has 0 spiro atoms. The van der Waals surface area contributed by atoms with Crippen molar-refractivity contribution < 1.29 is 28.6 Å². The maximum Gasteiger partial charge on any atom is 0.306 e. The molecular weight excluding hydrogens is 949 g/mol. The molecule has 6 heteroatoms. The molecule has 6 nitrogen and oxygen atoms in total. The van der Waals surface area contributed by atoms with Crippen molar-refractivity contribution in [1.29, 1.82) is 0 Å². The lowest BCUT2D eigenvalue weighted by Crippen LogP contribution is -2.30. The molecule has 77 heavy (non-hydrogen) atoms. The van der Waals surface area contributed by atoms with E-state index in [1.807, 2.05) is 0 Å². The highest BCUT2D eigenvalue weighted by molar-refractivity contribution is 5.71. The van der Waals surface area contributed by atoms with Crippen molar-refractivity contribution in [1.82, 2.24) is 0 Å². The van der Waals surface area contributed by atoms with Gasteiger partial charge in [0.05, 0.1) is 0 Å². The van der Waals surface area contributed by atoms with Crippen LogP contribution in [-0.2, 0) is 28.6 Å². The Balaban J connectivity index is 4.46. The van der Waals surface area contributed by atoms with Gasteiger partial charge in [-0.15, -0.1) is 0 Å². The highest BCUT2D eigenvalue weighted by atomic mass is 16.6. The van der Waals surface area contributed by atoms with Crippen LogP contribution in [0.15, 0.2) is 194 Å². The van der Waals surface area contributed by atoms with E-state index < -0.39 is 6.10 Å². The Morgan fingerprint density at radius 3 is 0.727 bits per heavy atom. The predicted molar refractivity (Wildman–Crippen MR) is 334 cm³/mol. The highest BCUT2D eigenvalue weighted by Crippen LogP contribution is 2.11. The van der Waals surface area contributed by atoms with Crippen LogP contribution in [0.5, 0.6) is 0 Å². The minimum absolute atomic E-state index is 0.131. The molecule has 0 aliphatic rings. The van der Waals surface area contributed by atoms with Crippen LogP contribution in [0.1, 0.15) is 213 Å². The minimum atomic E-state index is -0.838. The average molecular weight is 1060 g/mol. The van der Waals surface area contributed by atoms with E-state index in [1.165, 1.54) is 0 Å². The number of ether oxygens (including phenoxy) is 3. The van der Waals surface area contributed by atoms with Gasteiger partial charge in [0.2, 0.25) is 0 Å². The summed E-state index contributed by atoms with van der Waals surface area (Å²) in [6.45, 7) is 6.18. The zero-order valence-corrected chi connectivity index (χ0v) is 48.6. The van der Waals surface area contributed by atoms with Gasteiger partial charge in [-0.3, -0.25) is 14.4 Å². The van der Waals surface area contributed by atoms with Gasteiger partial charge in [0.15, 0.2) is 6.10 Å². The summed E-state index contributed by atoms with van der Waals surface area (Å²) in [6, 6.07) is 0. The zero-order chi connectivity index (χ0) is 55.7. The number of unbranched alkanes of at least 4 members (excludes halogenated alkanes) is 8. The second kappa shape index (κ2) is 62.8. The van der Waals surface area contributed by atoms with E-state index in [-0.39, 0.29) is 37.5 Å². The van der Waals surface area contributed by atoms with Gasteiger partial charge in [-0.25, -0.2) is 0 Å². The molecule has 0 aromatic rings. The van der Waals surface area contributed by atoms with Crippen LogP contribution in [0.25, 0.3) is 0 Å². The van der Waals surface area contributed by atoms with Crippen molar-refractivity contribution in [2.75, 3.05) is 13.2 Å². The lowest BCUT2D eigenvalue weighted by molar-refractivity contribution is -0.167. The van der Waals surface area contributed by atoms with E-state index >= 15 is 0 Å². The number of allylic oxidation sites excluding steroid dienone is 32. The number of carbonyl (C=O) groups is 3. The summed E-state index contributed by atoms with van der Waals surface area (Å²) >= 11 is 0. The molecule has 0 aliphatic carbocycles. The molecule has 0 amide bonds. The summed E-state index contributed by atoms with van der Waals surface area (Å²) in [7, 11) is 0. The van der Waals surface area contributed by atoms with Crippen molar-refractivity contribution in [3.05, 3.63) is 194 Å². The molecule has 1 unspecified atom stereocenters. The number of hydrogen-bond donors (Lipinski definition) is 0. The Bertz CT molecular complexity index is 1880. The van der Waals surface area contributed by atoms with E-state index in [9.17, 15) is 14.4 Å². The first-order valence-electron chi connectivity index (χ1n) is 29.9. The molecular formula is C71H106O6. The molecule has 0 fully saturated rings. The Kier molecular flexibility index (Phi) is 58.1. The normalized spacial score (nSPS) is 13.5. The Morgan fingerprint density at radius 1 is 0.260 bits per heavy atom. The largest absolute Gasteiger partial charge is 0.462 e. The van der Waals surface area contributed by atoms with Crippen LogP contribution in [0.2, 0.25) is 0 Å². The smallest absolute Gasteiger partial charge is 0.306 e. The summed E-state index contributed by atoms with van der Waals surface area (Å²) in [5.41, 5.74) is 0. The summed E-state index contributed by atoms with van der Waals surface area (Å²) in [4.78, 5) is 38.1. The quantitative estimate of drug-likeness (QED) is 0.0261. The summed E-state index contributed by atoms with van der Waals surface area (Å²) in [5, 5.41) is 0. The van der Waals surface area contributed by atoms with Crippen molar-refractivity contribution in [2.24, 2.45) is 0 Å². The van der Waals surface area contributed by atoms with Crippen LogP contribution in [0, 0.1) is 0 Å². The number of hydrogen-bond acceptors (Lipinski definition) is 6. The molecule has 426 valence electrons. The third-order valence-corrected chi connectivity index (χ3v) is 11.6. The van der Waals surface area contributed by atoms with Crippen molar-refractivity contribution in [2.45, 2.75) is 219 Å². The number of rotatable bonds is 51. The van der Waals surface area contributed by atoms with Crippen LogP contribution in [0.4, 0.5) is 0 Å². The van der Waals surface area contributed by atoms with Crippen LogP contribution in [-0.4, -0.2) is 37.2 Å². The van der Waals surface area contributed by atoms with E-state index in [0.29, 0.717) is 19.3 Å². The molecule has 0 heterocycles. The maximum absolute atomic E-state index is 12.8. The molecule has 0 saturated heterocycles. The number of esters is 3. The van der Waals surface area contributed by atoms with E-state index in [1.54, 1.807) is 0 Å². The average Bonchev–Trinajstić information content (AvgIpc) is 3.43. The molecule has 0 aliphatic heterocycles. The van der Waals surface area contributed by atoms with Gasteiger partial charge in [-0.1, -0.05) is 228 Å². The van der Waals surface area contributed by atoms with Crippen LogP contribution < -0.4 is 0 Å². The highest BCUT2D eigenvalue weighted by Gasteiger charge is 2.19. The van der Waals surface area contributed by atoms with Crippen molar-refractivity contribution >= 4 is 17.9 Å². The molecule has 0 saturated carbocycles. The van der Waals surface area contributed by atoms with Gasteiger partial charge < -0.3 is 14.2 Å². The molecule has 0 N–H and O–H groups in total. The third kappa shape index (κ3) is 61.0. The fraction of sp³-hybridized carbons (Fsp3) is 0.507. The standard InChI is InChI=1S/C71H106O6/c1-4-7-10-13-16-19-22-25-27-28-29-30-31-32-33-34-35-36-37-38-39-40-41-42-44-46-49-52-55-58-61-64-70(73)76-67-68(66-75-69(72)63-60-57-54-51-48-45-24-21-18-15-12-9-6-3)77-71(74)65-62-59-56-53-50-47-43-26-23-20-17-14-11-8-5-2/h7-12,16-21,25-27,29-30,32-33,35-36,38-39,41-43,45-46,48-50,53,68H,4-6,13-15,22-24,28,31,34,37,40,44,47,51-52,54-67H2,1-3H3/b10-7-,11-8-,12-9-,19-16-,20-17-,21-18-,27-25-,30-29-,33-32-,36-35-,39-38-,42-41-,43-26-,48-45-,49-46-,53-50-. The van der Waals surface area contributed by atoms with Crippen molar-refractivity contribution in [3.8, 4) is 0 Å². The second-order valence-corrected chi connectivity index (χ2v) is 18.8. The van der Waals surface area contributed by atoms with Gasteiger partial charge >= 0.3 is 17.9 Å². The SMILES string of the molecule is CC/C=C\C/C=C\C/C=C\C/C=C\C/C=C\C/C=C\C/C=C\C/C=C\C/C=C\CCCCCC(=O)OCC(COC(=O)CCCCC/C=C\C/C=C\C/C=C\CC)OC(=O)CCCC/C=C\C/C=C\C/C=C\C/C=C\CC. The molecule has 0 rings (SSSR count). The van der Waals surface area contributed by atoms with Gasteiger partial charge in [-0.05, 0) is 161 Å². The molecule has 0 radical (unpaired) electrons. The maximum atomic E-state index is 12.8. The first-order valence-corrected chi connectivity index (χ1v) is 29.9. The topological polar surface area (TPSA) is 78.9 Å². The first kappa shape index (κ1) is 71.2. The van der Waals surface area contributed by atoms with Crippen LogP contribution in [0.3, 0.4) is 0 Å². The van der Waals surface area contributed by atoms with Crippen molar-refractivity contribution in [3.63, 3.8) is 0 Å². The fourth-order valence-electron chi connectivity index (χ4n) is 7.20. The van der Waals surface area contributed by atoms with E-state index in [2.05, 4.69) is 215 Å². The Morgan fingerprint density at radius 2 is 0.468 bits per heavy atom. The monoisotopic (exact) mass is 1050 g/mol. The van der Waals surface area contributed by atoms with Gasteiger partial charge in [-0.2, -0.15) is 0 Å². The first-order chi connectivity index (χ1) is 38.0. The summed E-state index contributed by atoms with van der Waals surface area (Å²) in [6.07, 6.45) is 95.8. The fourth-order valence-corrected chi connectivity index (χ4v) is 7.20. The van der Waals surface area contributed by atoms with E-state index in [4.69, 9.17) is 14.2 Å². The Labute approximate surface area is 471 Å². The van der Waals surface area contributed by atoms with E-state index in [0.717, 1.165) is 167 Å².